The number of benzene rings is 1. The van der Waals surface area contributed by atoms with Crippen molar-refractivity contribution < 1.29 is 0 Å². The van der Waals surface area contributed by atoms with Crippen molar-refractivity contribution in [1.82, 2.24) is 9.55 Å². The van der Waals surface area contributed by atoms with E-state index in [-0.39, 0.29) is 0 Å². The Morgan fingerprint density at radius 1 is 1.35 bits per heavy atom. The van der Waals surface area contributed by atoms with Gasteiger partial charge in [0.15, 0.2) is 0 Å². The molecule has 3 aromatic rings. The Balaban J connectivity index is 1.93. The van der Waals surface area contributed by atoms with Gasteiger partial charge >= 0.3 is 0 Å². The average Bonchev–Trinajstić information content (AvgIpc) is 3.11. The highest BCUT2D eigenvalue weighted by atomic mass is 35.5. The minimum Gasteiger partial charge on any atom is -0.326 e. The molecular formula is C15H10ClN3S. The topological polar surface area (TPSA) is 41.6 Å². The van der Waals surface area contributed by atoms with Gasteiger partial charge in [-0.3, -0.25) is 0 Å². The smallest absolute Gasteiger partial charge is 0.150 e. The standard InChI is InChI=1S/C15H10ClN3S/c16-13-8-11(9-17)3-4-12(13)10-19-6-5-18-15(19)14-2-1-7-20-14/h1-8H,10H2. The molecule has 0 saturated carbocycles. The molecule has 2 heterocycles. The maximum Gasteiger partial charge on any atom is 0.150 e. The van der Waals surface area contributed by atoms with E-state index in [1.54, 1.807) is 29.7 Å². The lowest BCUT2D eigenvalue weighted by Crippen LogP contribution is -2.01. The summed E-state index contributed by atoms with van der Waals surface area (Å²) in [6.45, 7) is 0.637. The Bertz CT molecular complexity index is 769. The van der Waals surface area contributed by atoms with E-state index in [0.717, 1.165) is 16.3 Å². The number of hydrogen-bond acceptors (Lipinski definition) is 3. The summed E-state index contributed by atoms with van der Waals surface area (Å²) in [7, 11) is 0. The second kappa shape index (κ2) is 5.49. The number of nitrogens with zero attached hydrogens (tertiary/aromatic N) is 3. The lowest BCUT2D eigenvalue weighted by Gasteiger charge is -2.08. The van der Waals surface area contributed by atoms with Gasteiger partial charge in [-0.1, -0.05) is 23.7 Å². The molecule has 0 aliphatic carbocycles. The van der Waals surface area contributed by atoms with Gasteiger partial charge in [0.05, 0.1) is 23.1 Å². The van der Waals surface area contributed by atoms with E-state index in [4.69, 9.17) is 16.9 Å². The lowest BCUT2D eigenvalue weighted by atomic mass is 10.1. The fourth-order valence-electron chi connectivity index (χ4n) is 2.00. The summed E-state index contributed by atoms with van der Waals surface area (Å²) in [5.74, 6) is 0.931. The van der Waals surface area contributed by atoms with Crippen LogP contribution in [0.4, 0.5) is 0 Å². The van der Waals surface area contributed by atoms with Crippen LogP contribution in [-0.4, -0.2) is 9.55 Å². The van der Waals surface area contributed by atoms with Crippen LogP contribution in [0.3, 0.4) is 0 Å². The van der Waals surface area contributed by atoms with Crippen molar-refractivity contribution in [3.63, 3.8) is 0 Å². The molecule has 0 unspecified atom stereocenters. The number of aromatic nitrogens is 2. The lowest BCUT2D eigenvalue weighted by molar-refractivity contribution is 0.809. The number of imidazole rings is 1. The van der Waals surface area contributed by atoms with Gasteiger partial charge in [-0.2, -0.15) is 5.26 Å². The number of halogens is 1. The van der Waals surface area contributed by atoms with Crippen LogP contribution in [0, 0.1) is 11.3 Å². The molecule has 2 aromatic heterocycles. The molecule has 0 atom stereocenters. The fourth-order valence-corrected chi connectivity index (χ4v) is 2.97. The van der Waals surface area contributed by atoms with Crippen molar-refractivity contribution >= 4 is 22.9 Å². The molecule has 0 saturated heterocycles. The second-order valence-electron chi connectivity index (χ2n) is 4.27. The molecule has 0 spiro atoms. The van der Waals surface area contributed by atoms with E-state index in [1.165, 1.54) is 0 Å². The Morgan fingerprint density at radius 3 is 2.95 bits per heavy atom. The van der Waals surface area contributed by atoms with E-state index in [9.17, 15) is 0 Å². The summed E-state index contributed by atoms with van der Waals surface area (Å²) < 4.78 is 2.05. The largest absolute Gasteiger partial charge is 0.326 e. The Kier molecular flexibility index (Phi) is 3.55. The minimum atomic E-state index is 0.572. The van der Waals surface area contributed by atoms with Crippen molar-refractivity contribution in [2.45, 2.75) is 6.54 Å². The number of hydrogen-bond donors (Lipinski definition) is 0. The van der Waals surface area contributed by atoms with Crippen LogP contribution in [-0.2, 0) is 6.54 Å². The van der Waals surface area contributed by atoms with Crippen molar-refractivity contribution in [2.75, 3.05) is 0 Å². The Hall–Kier alpha value is -2.09. The summed E-state index contributed by atoms with van der Waals surface area (Å²) in [6, 6.07) is 11.5. The molecule has 0 radical (unpaired) electrons. The van der Waals surface area contributed by atoms with Crippen molar-refractivity contribution in [3.05, 3.63) is 64.3 Å². The molecule has 3 nitrogen and oxygen atoms in total. The highest BCUT2D eigenvalue weighted by molar-refractivity contribution is 7.13. The first-order valence-corrected chi connectivity index (χ1v) is 7.27. The van der Waals surface area contributed by atoms with Gasteiger partial charge < -0.3 is 4.57 Å². The predicted molar refractivity (Wildman–Crippen MR) is 80.8 cm³/mol. The molecule has 98 valence electrons. The van der Waals surface area contributed by atoms with Crippen LogP contribution < -0.4 is 0 Å². The van der Waals surface area contributed by atoms with Gasteiger partial charge in [0, 0.05) is 17.4 Å². The summed E-state index contributed by atoms with van der Waals surface area (Å²) in [4.78, 5) is 5.52. The van der Waals surface area contributed by atoms with E-state index in [2.05, 4.69) is 15.6 Å². The molecule has 5 heteroatoms. The molecule has 0 fully saturated rings. The third-order valence-electron chi connectivity index (χ3n) is 2.98. The molecule has 3 rings (SSSR count). The second-order valence-corrected chi connectivity index (χ2v) is 5.63. The fraction of sp³-hybridized carbons (Fsp3) is 0.0667. The Morgan fingerprint density at radius 2 is 2.25 bits per heavy atom. The van der Waals surface area contributed by atoms with Gasteiger partial charge in [-0.25, -0.2) is 4.98 Å². The van der Waals surface area contributed by atoms with Gasteiger partial charge in [0.2, 0.25) is 0 Å². The SMILES string of the molecule is N#Cc1ccc(Cn2ccnc2-c2cccs2)c(Cl)c1. The molecule has 0 bridgehead atoms. The molecule has 0 aliphatic rings. The van der Waals surface area contributed by atoms with Gasteiger partial charge in [0.25, 0.3) is 0 Å². The first-order valence-electron chi connectivity index (χ1n) is 6.01. The van der Waals surface area contributed by atoms with Crippen molar-refractivity contribution in [1.29, 1.82) is 5.26 Å². The summed E-state index contributed by atoms with van der Waals surface area (Å²) in [5, 5.41) is 11.5. The normalized spacial score (nSPS) is 10.4. The van der Waals surface area contributed by atoms with Crippen LogP contribution in [0.1, 0.15) is 11.1 Å². The maximum absolute atomic E-state index is 8.86. The van der Waals surface area contributed by atoms with E-state index in [1.807, 2.05) is 29.8 Å². The van der Waals surface area contributed by atoms with Crippen LogP contribution in [0.25, 0.3) is 10.7 Å². The summed E-state index contributed by atoms with van der Waals surface area (Å²) >= 11 is 7.88. The highest BCUT2D eigenvalue weighted by Gasteiger charge is 2.09. The molecule has 0 N–H and O–H groups in total. The molecule has 0 amide bonds. The van der Waals surface area contributed by atoms with E-state index < -0.39 is 0 Å². The zero-order valence-corrected chi connectivity index (χ0v) is 12.0. The monoisotopic (exact) mass is 299 g/mol. The highest BCUT2D eigenvalue weighted by Crippen LogP contribution is 2.25. The van der Waals surface area contributed by atoms with Crippen LogP contribution in [0.5, 0.6) is 0 Å². The first-order chi connectivity index (χ1) is 9.78. The van der Waals surface area contributed by atoms with Gasteiger partial charge in [-0.15, -0.1) is 11.3 Å². The summed E-state index contributed by atoms with van der Waals surface area (Å²) in [5.41, 5.74) is 1.55. The third-order valence-corrected chi connectivity index (χ3v) is 4.20. The van der Waals surface area contributed by atoms with Crippen LogP contribution in [0.2, 0.25) is 5.02 Å². The van der Waals surface area contributed by atoms with Crippen LogP contribution >= 0.6 is 22.9 Å². The third kappa shape index (κ3) is 2.46. The van der Waals surface area contributed by atoms with Crippen molar-refractivity contribution in [3.8, 4) is 16.8 Å². The van der Waals surface area contributed by atoms with Crippen molar-refractivity contribution in [2.24, 2.45) is 0 Å². The minimum absolute atomic E-state index is 0.572. The molecule has 0 aliphatic heterocycles. The Labute approximate surface area is 125 Å². The average molecular weight is 300 g/mol. The zero-order valence-electron chi connectivity index (χ0n) is 10.5. The number of rotatable bonds is 3. The predicted octanol–water partition coefficient (Wildman–Crippen LogP) is 4.18. The molecule has 1 aromatic carbocycles. The van der Waals surface area contributed by atoms with Gasteiger partial charge in [0.1, 0.15) is 5.82 Å². The quantitative estimate of drug-likeness (QED) is 0.728. The van der Waals surface area contributed by atoms with Crippen LogP contribution in [0.15, 0.2) is 48.1 Å². The summed E-state index contributed by atoms with van der Waals surface area (Å²) in [6.07, 6.45) is 3.72. The van der Waals surface area contributed by atoms with E-state index in [0.29, 0.717) is 17.1 Å². The molecule has 20 heavy (non-hydrogen) atoms. The number of nitriles is 1. The maximum atomic E-state index is 8.86. The zero-order chi connectivity index (χ0) is 13.9. The molecular weight excluding hydrogens is 290 g/mol. The van der Waals surface area contributed by atoms with Gasteiger partial charge in [-0.05, 0) is 29.1 Å². The number of thiophene rings is 1. The first kappa shape index (κ1) is 12.9. The van der Waals surface area contributed by atoms with E-state index >= 15 is 0 Å².